The molecular formula is C14H19BrN2O4. The van der Waals surface area contributed by atoms with Crippen LogP contribution in [0.4, 0.5) is 10.5 Å². The summed E-state index contributed by atoms with van der Waals surface area (Å²) in [6.45, 7) is 4.70. The van der Waals surface area contributed by atoms with E-state index in [0.29, 0.717) is 23.3 Å². The van der Waals surface area contributed by atoms with Crippen molar-refractivity contribution < 1.29 is 19.4 Å². The van der Waals surface area contributed by atoms with Gasteiger partial charge in [0.15, 0.2) is 0 Å². The number of carbonyl (C=O) groups is 2. The first-order chi connectivity index (χ1) is 9.85. The molecule has 7 heteroatoms. The summed E-state index contributed by atoms with van der Waals surface area (Å²) in [7, 11) is 1.57. The van der Waals surface area contributed by atoms with Gasteiger partial charge in [0.25, 0.3) is 0 Å². The summed E-state index contributed by atoms with van der Waals surface area (Å²) in [5.41, 5.74) is 0.530. The maximum Gasteiger partial charge on any atom is 0.335 e. The summed E-state index contributed by atoms with van der Waals surface area (Å²) >= 11 is 3.23. The van der Waals surface area contributed by atoms with Crippen LogP contribution in [0.3, 0.4) is 0 Å². The molecule has 0 atom stereocenters. The number of carbonyl (C=O) groups excluding carboxylic acids is 1. The van der Waals surface area contributed by atoms with Gasteiger partial charge in [-0.1, -0.05) is 15.9 Å². The predicted octanol–water partition coefficient (Wildman–Crippen LogP) is 3.04. The van der Waals surface area contributed by atoms with E-state index in [0.717, 1.165) is 0 Å². The summed E-state index contributed by atoms with van der Waals surface area (Å²) in [4.78, 5) is 24.9. The van der Waals surface area contributed by atoms with E-state index in [4.69, 9.17) is 9.84 Å². The molecule has 0 spiro atoms. The molecule has 2 amide bonds. The van der Waals surface area contributed by atoms with E-state index in [1.165, 1.54) is 12.1 Å². The second-order valence-electron chi connectivity index (χ2n) is 4.74. The second kappa shape index (κ2) is 7.99. The largest absolute Gasteiger partial charge is 0.478 e. The van der Waals surface area contributed by atoms with E-state index in [2.05, 4.69) is 21.2 Å². The average molecular weight is 359 g/mol. The molecule has 6 nitrogen and oxygen atoms in total. The number of hydrogen-bond acceptors (Lipinski definition) is 3. The van der Waals surface area contributed by atoms with Gasteiger partial charge in [-0.15, -0.1) is 0 Å². The smallest absolute Gasteiger partial charge is 0.335 e. The Morgan fingerprint density at radius 3 is 2.57 bits per heavy atom. The van der Waals surface area contributed by atoms with Crippen LogP contribution >= 0.6 is 15.9 Å². The topological polar surface area (TPSA) is 78.9 Å². The van der Waals surface area contributed by atoms with E-state index in [1.54, 1.807) is 18.1 Å². The molecule has 0 bridgehead atoms. The third-order valence-electron chi connectivity index (χ3n) is 2.82. The number of aromatic carboxylic acids is 1. The fourth-order valence-electron chi connectivity index (χ4n) is 1.76. The lowest BCUT2D eigenvalue weighted by molar-refractivity contribution is 0.0696. The Kier molecular flexibility index (Phi) is 6.64. The molecule has 0 radical (unpaired) electrons. The van der Waals surface area contributed by atoms with Crippen molar-refractivity contribution in [3.63, 3.8) is 0 Å². The Labute approximate surface area is 132 Å². The Morgan fingerprint density at radius 1 is 1.38 bits per heavy atom. The second-order valence-corrected chi connectivity index (χ2v) is 5.66. The molecule has 0 saturated heterocycles. The van der Waals surface area contributed by atoms with Gasteiger partial charge in [0.2, 0.25) is 0 Å². The highest BCUT2D eigenvalue weighted by Crippen LogP contribution is 2.20. The molecule has 2 N–H and O–H groups in total. The zero-order valence-electron chi connectivity index (χ0n) is 12.2. The molecule has 0 aliphatic heterocycles. The quantitative estimate of drug-likeness (QED) is 0.818. The summed E-state index contributed by atoms with van der Waals surface area (Å²) in [6.07, 6.45) is 0. The SMILES string of the molecule is COCCN(C(=O)Nc1cc(Br)cc(C(=O)O)c1)C(C)C. The monoisotopic (exact) mass is 358 g/mol. The highest BCUT2D eigenvalue weighted by molar-refractivity contribution is 9.10. The van der Waals surface area contributed by atoms with Crippen LogP contribution < -0.4 is 5.32 Å². The maximum absolute atomic E-state index is 12.2. The zero-order chi connectivity index (χ0) is 16.0. The van der Waals surface area contributed by atoms with Crippen LogP contribution in [0.25, 0.3) is 0 Å². The lowest BCUT2D eigenvalue weighted by Crippen LogP contribution is -2.42. The molecule has 1 rings (SSSR count). The maximum atomic E-state index is 12.2. The number of urea groups is 1. The van der Waals surface area contributed by atoms with Gasteiger partial charge in [0.1, 0.15) is 0 Å². The van der Waals surface area contributed by atoms with E-state index in [-0.39, 0.29) is 17.6 Å². The highest BCUT2D eigenvalue weighted by atomic mass is 79.9. The molecule has 1 aromatic carbocycles. The van der Waals surface area contributed by atoms with E-state index in [1.807, 2.05) is 13.8 Å². The number of carboxylic acid groups (broad SMARTS) is 1. The van der Waals surface area contributed by atoms with Crippen LogP contribution in [0.5, 0.6) is 0 Å². The van der Waals surface area contributed by atoms with Crippen molar-refractivity contribution in [1.82, 2.24) is 4.90 Å². The van der Waals surface area contributed by atoms with Crippen molar-refractivity contribution in [3.05, 3.63) is 28.2 Å². The number of methoxy groups -OCH3 is 1. The van der Waals surface area contributed by atoms with Crippen molar-refractivity contribution in [1.29, 1.82) is 0 Å². The minimum atomic E-state index is -1.05. The number of ether oxygens (including phenoxy) is 1. The summed E-state index contributed by atoms with van der Waals surface area (Å²) < 4.78 is 5.57. The van der Waals surface area contributed by atoms with Gasteiger partial charge in [-0.2, -0.15) is 0 Å². The van der Waals surface area contributed by atoms with Crippen LogP contribution in [-0.2, 0) is 4.74 Å². The van der Waals surface area contributed by atoms with Gasteiger partial charge < -0.3 is 20.1 Å². The summed E-state index contributed by atoms with van der Waals surface area (Å²) in [5, 5.41) is 11.7. The third kappa shape index (κ3) is 5.35. The van der Waals surface area contributed by atoms with E-state index >= 15 is 0 Å². The van der Waals surface area contributed by atoms with Crippen LogP contribution in [0.2, 0.25) is 0 Å². The number of halogens is 1. The van der Waals surface area contributed by atoms with Crippen molar-refractivity contribution in [2.45, 2.75) is 19.9 Å². The molecule has 0 heterocycles. The molecule has 0 aliphatic carbocycles. The standard InChI is InChI=1S/C14H19BrN2O4/c1-9(2)17(4-5-21-3)14(20)16-12-7-10(13(18)19)6-11(15)8-12/h6-9H,4-5H2,1-3H3,(H,16,20)(H,18,19). The fraction of sp³-hybridized carbons (Fsp3) is 0.429. The zero-order valence-corrected chi connectivity index (χ0v) is 13.8. The number of hydrogen-bond donors (Lipinski definition) is 2. The van der Waals surface area contributed by atoms with Crippen LogP contribution in [0, 0.1) is 0 Å². The first-order valence-corrected chi connectivity index (χ1v) is 7.25. The number of anilines is 1. The van der Waals surface area contributed by atoms with Gasteiger partial charge >= 0.3 is 12.0 Å². The van der Waals surface area contributed by atoms with Gasteiger partial charge in [-0.05, 0) is 32.0 Å². The third-order valence-corrected chi connectivity index (χ3v) is 3.27. The minimum absolute atomic E-state index is 0.00578. The van der Waals surface area contributed by atoms with Crippen molar-refractivity contribution >= 4 is 33.6 Å². The molecule has 21 heavy (non-hydrogen) atoms. The van der Waals surface area contributed by atoms with Gasteiger partial charge in [-0.25, -0.2) is 9.59 Å². The van der Waals surface area contributed by atoms with E-state index < -0.39 is 5.97 Å². The molecule has 0 fully saturated rings. The Morgan fingerprint density at radius 2 is 2.05 bits per heavy atom. The fourth-order valence-corrected chi connectivity index (χ4v) is 2.26. The van der Waals surface area contributed by atoms with E-state index in [9.17, 15) is 9.59 Å². The molecule has 0 aliphatic rings. The Balaban J connectivity index is 2.88. The highest BCUT2D eigenvalue weighted by Gasteiger charge is 2.17. The Bertz CT molecular complexity index is 520. The summed E-state index contributed by atoms with van der Waals surface area (Å²) in [6, 6.07) is 4.25. The lowest BCUT2D eigenvalue weighted by Gasteiger charge is -2.26. The van der Waals surface area contributed by atoms with Crippen molar-refractivity contribution in [3.8, 4) is 0 Å². The normalized spacial score (nSPS) is 10.5. The lowest BCUT2D eigenvalue weighted by atomic mass is 10.2. The number of benzene rings is 1. The number of carboxylic acids is 1. The summed E-state index contributed by atoms with van der Waals surface area (Å²) in [5.74, 6) is -1.05. The average Bonchev–Trinajstić information content (AvgIpc) is 2.37. The number of nitrogens with zero attached hydrogens (tertiary/aromatic N) is 1. The first kappa shape index (κ1) is 17.5. The Hall–Kier alpha value is -1.60. The first-order valence-electron chi connectivity index (χ1n) is 6.45. The molecular weight excluding hydrogens is 340 g/mol. The predicted molar refractivity (Wildman–Crippen MR) is 83.8 cm³/mol. The number of nitrogens with one attached hydrogen (secondary N) is 1. The van der Waals surface area contributed by atoms with Gasteiger partial charge in [0.05, 0.1) is 12.2 Å². The van der Waals surface area contributed by atoms with Gasteiger partial charge in [0, 0.05) is 29.9 Å². The van der Waals surface area contributed by atoms with Crippen LogP contribution in [0.1, 0.15) is 24.2 Å². The van der Waals surface area contributed by atoms with Crippen molar-refractivity contribution in [2.24, 2.45) is 0 Å². The molecule has 0 aromatic heterocycles. The van der Waals surface area contributed by atoms with Crippen LogP contribution in [0.15, 0.2) is 22.7 Å². The molecule has 1 aromatic rings. The van der Waals surface area contributed by atoms with Crippen molar-refractivity contribution in [2.75, 3.05) is 25.6 Å². The minimum Gasteiger partial charge on any atom is -0.478 e. The van der Waals surface area contributed by atoms with Gasteiger partial charge in [-0.3, -0.25) is 0 Å². The molecule has 116 valence electrons. The molecule has 0 saturated carbocycles. The molecule has 0 unspecified atom stereocenters. The number of rotatable bonds is 6. The van der Waals surface area contributed by atoms with Crippen LogP contribution in [-0.4, -0.2) is 48.3 Å². The number of amides is 2.